The Balaban J connectivity index is 1.17. The van der Waals surface area contributed by atoms with Crippen LogP contribution in [0.3, 0.4) is 0 Å². The van der Waals surface area contributed by atoms with Crippen molar-refractivity contribution in [3.05, 3.63) is 114 Å². The summed E-state index contributed by atoms with van der Waals surface area (Å²) < 4.78 is 3.78. The number of imidazole rings is 1. The monoisotopic (exact) mass is 577 g/mol. The molecule has 4 aromatic heterocycles. The number of hydrogen-bond acceptors (Lipinski definition) is 7. The lowest BCUT2D eigenvalue weighted by atomic mass is 10.1. The number of pyridine rings is 1. The van der Waals surface area contributed by atoms with Gasteiger partial charge in [0.15, 0.2) is 0 Å². The standard InChI is InChI=1S/C31H28ClN9O/c1-2-14-35-39-30(42)23-10-8-21(9-11-23)18-40-20-25(15-36-40)37-31-34-16-26(32)29(38-31)27-17-33-28-13-12-24(19-41(27)28)22-6-4-3-5-7-22/h3-13,15-17,19-20,35H,2,14,18H2,1H3,(H,39,42)(H,34,37,38). The summed E-state index contributed by atoms with van der Waals surface area (Å²) >= 11 is 6.57. The van der Waals surface area contributed by atoms with Gasteiger partial charge in [0, 0.05) is 24.5 Å². The topological polar surface area (TPSA) is 114 Å². The van der Waals surface area contributed by atoms with Crippen LogP contribution in [0, 0.1) is 0 Å². The highest BCUT2D eigenvalue weighted by Crippen LogP contribution is 2.29. The Kier molecular flexibility index (Phi) is 7.89. The zero-order valence-corrected chi connectivity index (χ0v) is 23.6. The van der Waals surface area contributed by atoms with Crippen molar-refractivity contribution >= 4 is 34.8 Å². The third-order valence-electron chi connectivity index (χ3n) is 6.63. The van der Waals surface area contributed by atoms with E-state index in [9.17, 15) is 4.79 Å². The number of fused-ring (bicyclic) bond motifs is 1. The summed E-state index contributed by atoms with van der Waals surface area (Å²) in [6.07, 6.45) is 9.88. The Morgan fingerprint density at radius 1 is 0.905 bits per heavy atom. The van der Waals surface area contributed by atoms with Crippen LogP contribution in [0.4, 0.5) is 11.6 Å². The van der Waals surface area contributed by atoms with Crippen molar-refractivity contribution in [1.29, 1.82) is 0 Å². The molecule has 0 aliphatic carbocycles. The van der Waals surface area contributed by atoms with Crippen molar-refractivity contribution in [2.45, 2.75) is 19.9 Å². The van der Waals surface area contributed by atoms with E-state index in [0.717, 1.165) is 46.7 Å². The van der Waals surface area contributed by atoms with Gasteiger partial charge >= 0.3 is 0 Å². The molecule has 0 spiro atoms. The minimum absolute atomic E-state index is 0.163. The number of aromatic nitrogens is 6. The molecule has 2 aromatic carbocycles. The largest absolute Gasteiger partial charge is 0.321 e. The van der Waals surface area contributed by atoms with Gasteiger partial charge in [-0.2, -0.15) is 5.10 Å². The first-order valence-corrected chi connectivity index (χ1v) is 13.9. The van der Waals surface area contributed by atoms with E-state index in [0.29, 0.717) is 28.8 Å². The molecular weight excluding hydrogens is 550 g/mol. The van der Waals surface area contributed by atoms with Crippen LogP contribution in [0.15, 0.2) is 97.7 Å². The van der Waals surface area contributed by atoms with E-state index in [2.05, 4.69) is 43.4 Å². The molecule has 0 saturated heterocycles. The zero-order valence-electron chi connectivity index (χ0n) is 22.8. The maximum Gasteiger partial charge on any atom is 0.265 e. The Bertz CT molecular complexity index is 1830. The summed E-state index contributed by atoms with van der Waals surface area (Å²) in [5.41, 5.74) is 12.2. The van der Waals surface area contributed by atoms with E-state index in [4.69, 9.17) is 16.6 Å². The van der Waals surface area contributed by atoms with Gasteiger partial charge in [-0.25, -0.2) is 20.4 Å². The Morgan fingerprint density at radius 3 is 2.55 bits per heavy atom. The highest BCUT2D eigenvalue weighted by Gasteiger charge is 2.15. The van der Waals surface area contributed by atoms with Crippen LogP contribution in [0.1, 0.15) is 29.3 Å². The molecule has 0 bridgehead atoms. The molecule has 0 aliphatic heterocycles. The van der Waals surface area contributed by atoms with Crippen molar-refractivity contribution < 1.29 is 4.79 Å². The number of carbonyl (C=O) groups is 1. The Labute approximate surface area is 247 Å². The molecule has 3 N–H and O–H groups in total. The van der Waals surface area contributed by atoms with Crippen molar-refractivity contribution in [3.63, 3.8) is 0 Å². The fourth-order valence-electron chi connectivity index (χ4n) is 4.50. The lowest BCUT2D eigenvalue weighted by molar-refractivity contribution is 0.0933. The van der Waals surface area contributed by atoms with E-state index in [-0.39, 0.29) is 5.91 Å². The van der Waals surface area contributed by atoms with Gasteiger partial charge in [-0.15, -0.1) is 0 Å². The highest BCUT2D eigenvalue weighted by atomic mass is 35.5. The van der Waals surface area contributed by atoms with Gasteiger partial charge in [0.2, 0.25) is 5.95 Å². The minimum Gasteiger partial charge on any atom is -0.321 e. The summed E-state index contributed by atoms with van der Waals surface area (Å²) in [6.45, 7) is 3.29. The number of carbonyl (C=O) groups excluding carboxylic acids is 1. The molecule has 10 nitrogen and oxygen atoms in total. The van der Waals surface area contributed by atoms with Gasteiger partial charge in [0.05, 0.1) is 41.5 Å². The second kappa shape index (κ2) is 12.2. The second-order valence-electron chi connectivity index (χ2n) is 9.68. The lowest BCUT2D eigenvalue weighted by Crippen LogP contribution is -2.37. The predicted octanol–water partition coefficient (Wildman–Crippen LogP) is 5.74. The lowest BCUT2D eigenvalue weighted by Gasteiger charge is -2.08. The van der Waals surface area contributed by atoms with Crippen LogP contribution in [-0.2, 0) is 6.54 Å². The molecule has 6 aromatic rings. The number of benzene rings is 2. The molecule has 11 heteroatoms. The minimum atomic E-state index is -0.163. The number of amides is 1. The number of halogens is 1. The third-order valence-corrected chi connectivity index (χ3v) is 6.90. The average molecular weight is 578 g/mol. The molecule has 1 amide bonds. The van der Waals surface area contributed by atoms with Crippen LogP contribution >= 0.6 is 11.6 Å². The van der Waals surface area contributed by atoms with Gasteiger partial charge in [0.1, 0.15) is 11.3 Å². The van der Waals surface area contributed by atoms with Crippen molar-refractivity contribution in [2.24, 2.45) is 0 Å². The normalized spacial score (nSPS) is 11.1. The first kappa shape index (κ1) is 27.1. The second-order valence-corrected chi connectivity index (χ2v) is 10.1. The van der Waals surface area contributed by atoms with Gasteiger partial charge in [-0.3, -0.25) is 19.3 Å². The Hall–Kier alpha value is -5.06. The first-order chi connectivity index (χ1) is 20.6. The molecule has 0 fully saturated rings. The van der Waals surface area contributed by atoms with Gasteiger partial charge < -0.3 is 5.32 Å². The van der Waals surface area contributed by atoms with Gasteiger partial charge in [-0.1, -0.05) is 61.0 Å². The van der Waals surface area contributed by atoms with Crippen LogP contribution in [-0.4, -0.2) is 41.6 Å². The zero-order chi connectivity index (χ0) is 28.9. The summed E-state index contributed by atoms with van der Waals surface area (Å²) in [7, 11) is 0. The Morgan fingerprint density at radius 2 is 1.74 bits per heavy atom. The van der Waals surface area contributed by atoms with Crippen molar-refractivity contribution in [3.8, 4) is 22.5 Å². The van der Waals surface area contributed by atoms with Crippen LogP contribution in [0.25, 0.3) is 28.2 Å². The summed E-state index contributed by atoms with van der Waals surface area (Å²) in [4.78, 5) is 25.8. The molecule has 6 rings (SSSR count). The number of rotatable bonds is 10. The SMILES string of the molecule is CCCNNC(=O)c1ccc(Cn2cc(Nc3ncc(Cl)c(-c4cnc5ccc(-c6ccccc6)cn45)n3)cn2)cc1. The van der Waals surface area contributed by atoms with E-state index in [1.807, 2.05) is 66.2 Å². The van der Waals surface area contributed by atoms with E-state index < -0.39 is 0 Å². The van der Waals surface area contributed by atoms with Crippen LogP contribution < -0.4 is 16.2 Å². The molecule has 0 saturated carbocycles. The third kappa shape index (κ3) is 5.99. The van der Waals surface area contributed by atoms with E-state index in [1.165, 1.54) is 0 Å². The van der Waals surface area contributed by atoms with E-state index >= 15 is 0 Å². The number of nitrogens with zero attached hydrogens (tertiary/aromatic N) is 6. The van der Waals surface area contributed by atoms with Gasteiger partial charge in [0.25, 0.3) is 5.91 Å². The van der Waals surface area contributed by atoms with Crippen molar-refractivity contribution in [2.75, 3.05) is 11.9 Å². The molecule has 0 radical (unpaired) electrons. The summed E-state index contributed by atoms with van der Waals surface area (Å²) in [6, 6.07) is 21.6. The molecule has 0 aliphatic rings. The summed E-state index contributed by atoms with van der Waals surface area (Å²) in [5.74, 6) is 0.221. The maximum absolute atomic E-state index is 12.2. The molecule has 42 heavy (non-hydrogen) atoms. The molecule has 210 valence electrons. The number of hydrogen-bond donors (Lipinski definition) is 3. The molecule has 0 atom stereocenters. The van der Waals surface area contributed by atoms with Crippen molar-refractivity contribution in [1.82, 2.24) is 40.0 Å². The maximum atomic E-state index is 12.2. The van der Waals surface area contributed by atoms with E-state index in [1.54, 1.807) is 35.4 Å². The molecular formula is C31H28ClN9O. The number of hydrazine groups is 1. The number of anilines is 2. The highest BCUT2D eigenvalue weighted by molar-refractivity contribution is 6.32. The first-order valence-electron chi connectivity index (χ1n) is 13.5. The predicted molar refractivity (Wildman–Crippen MR) is 163 cm³/mol. The smallest absolute Gasteiger partial charge is 0.265 e. The van der Waals surface area contributed by atoms with Crippen LogP contribution in [0.5, 0.6) is 0 Å². The van der Waals surface area contributed by atoms with Gasteiger partial charge in [-0.05, 0) is 47.4 Å². The summed E-state index contributed by atoms with van der Waals surface area (Å²) in [5, 5.41) is 8.09. The number of nitrogens with one attached hydrogen (secondary N) is 3. The average Bonchev–Trinajstić information content (AvgIpc) is 3.65. The quantitative estimate of drug-likeness (QED) is 0.140. The van der Waals surface area contributed by atoms with Crippen LogP contribution in [0.2, 0.25) is 5.02 Å². The fourth-order valence-corrected chi connectivity index (χ4v) is 4.68. The fraction of sp³-hybridized carbons (Fsp3) is 0.129. The molecule has 4 heterocycles. The molecule has 0 unspecified atom stereocenters.